The number of aliphatic hydroxyl groups is 1. The molecular formula is C23H29NO8. The van der Waals surface area contributed by atoms with E-state index in [1.54, 1.807) is 13.0 Å². The molecule has 0 spiro atoms. The first-order chi connectivity index (χ1) is 14.9. The molecule has 1 N–H and O–H groups in total. The highest BCUT2D eigenvalue weighted by atomic mass is 17.0. The number of carbonyl (C=O) groups excluding carboxylic acids is 3. The Balaban J connectivity index is 1.73. The van der Waals surface area contributed by atoms with Crippen molar-refractivity contribution in [2.24, 2.45) is 28.6 Å². The summed E-state index contributed by atoms with van der Waals surface area (Å²) in [6, 6.07) is 0. The molecule has 3 fully saturated rings. The number of ether oxygens (including phenoxy) is 1. The fourth-order valence-corrected chi connectivity index (χ4v) is 7.25. The zero-order valence-electron chi connectivity index (χ0n) is 18.5. The van der Waals surface area contributed by atoms with Gasteiger partial charge in [0.1, 0.15) is 11.7 Å². The number of fused-ring (bicyclic) bond motifs is 5. The van der Waals surface area contributed by atoms with Crippen LogP contribution in [0.15, 0.2) is 23.8 Å². The zero-order valence-corrected chi connectivity index (χ0v) is 18.5. The van der Waals surface area contributed by atoms with E-state index in [1.165, 1.54) is 13.0 Å². The minimum Gasteiger partial charge on any atom is -0.458 e. The molecule has 0 aromatic carbocycles. The van der Waals surface area contributed by atoms with E-state index < -0.39 is 46.0 Å². The summed E-state index contributed by atoms with van der Waals surface area (Å²) in [7, 11) is 0. The second-order valence-corrected chi connectivity index (χ2v) is 10.1. The molecule has 3 saturated carbocycles. The van der Waals surface area contributed by atoms with Gasteiger partial charge in [-0.15, -0.1) is 10.1 Å². The van der Waals surface area contributed by atoms with Crippen molar-refractivity contribution in [2.45, 2.75) is 64.6 Å². The molecule has 0 saturated heterocycles. The minimum absolute atomic E-state index is 0.0331. The van der Waals surface area contributed by atoms with Crippen molar-refractivity contribution in [3.8, 4) is 0 Å². The van der Waals surface area contributed by atoms with E-state index in [2.05, 4.69) is 0 Å². The number of ketones is 2. The van der Waals surface area contributed by atoms with E-state index in [4.69, 9.17) is 9.57 Å². The maximum atomic E-state index is 13.0. The number of carbonyl (C=O) groups is 3. The van der Waals surface area contributed by atoms with Crippen LogP contribution >= 0.6 is 0 Å². The third-order valence-corrected chi connectivity index (χ3v) is 8.72. The molecular weight excluding hydrogens is 418 g/mol. The number of nitrogens with zero attached hydrogens (tertiary/aromatic N) is 1. The lowest BCUT2D eigenvalue weighted by Gasteiger charge is -2.59. The van der Waals surface area contributed by atoms with Crippen molar-refractivity contribution in [1.29, 1.82) is 0 Å². The van der Waals surface area contributed by atoms with Crippen LogP contribution in [0.2, 0.25) is 0 Å². The van der Waals surface area contributed by atoms with Crippen molar-refractivity contribution < 1.29 is 34.2 Å². The lowest BCUT2D eigenvalue weighted by molar-refractivity contribution is -0.773. The summed E-state index contributed by atoms with van der Waals surface area (Å²) in [5, 5.41) is 22.2. The van der Waals surface area contributed by atoms with Gasteiger partial charge in [-0.1, -0.05) is 25.5 Å². The predicted octanol–water partition coefficient (Wildman–Crippen LogP) is 2.34. The van der Waals surface area contributed by atoms with Crippen LogP contribution in [-0.4, -0.2) is 46.0 Å². The van der Waals surface area contributed by atoms with E-state index in [1.807, 2.05) is 13.0 Å². The van der Waals surface area contributed by atoms with Gasteiger partial charge in [-0.25, -0.2) is 0 Å². The average molecular weight is 447 g/mol. The van der Waals surface area contributed by atoms with Gasteiger partial charge in [0.15, 0.2) is 12.4 Å². The van der Waals surface area contributed by atoms with Gasteiger partial charge in [0.25, 0.3) is 5.09 Å². The summed E-state index contributed by atoms with van der Waals surface area (Å²) in [5.74, 6) is -1.64. The van der Waals surface area contributed by atoms with Crippen LogP contribution in [0.5, 0.6) is 0 Å². The quantitative estimate of drug-likeness (QED) is 0.386. The Morgan fingerprint density at radius 1 is 1.31 bits per heavy atom. The molecule has 0 amide bonds. The van der Waals surface area contributed by atoms with Gasteiger partial charge in [0.2, 0.25) is 5.78 Å². The van der Waals surface area contributed by atoms with E-state index >= 15 is 0 Å². The molecule has 0 bridgehead atoms. The molecule has 4 aliphatic rings. The van der Waals surface area contributed by atoms with Crippen LogP contribution < -0.4 is 0 Å². The largest absolute Gasteiger partial charge is 0.458 e. The third kappa shape index (κ3) is 3.20. The lowest BCUT2D eigenvalue weighted by atomic mass is 9.46. The van der Waals surface area contributed by atoms with Crippen molar-refractivity contribution in [3.05, 3.63) is 33.9 Å². The van der Waals surface area contributed by atoms with Crippen LogP contribution in [0, 0.1) is 38.7 Å². The summed E-state index contributed by atoms with van der Waals surface area (Å²) in [5.41, 5.74) is -2.34. The van der Waals surface area contributed by atoms with Gasteiger partial charge in [-0.3, -0.25) is 14.4 Å². The smallest absolute Gasteiger partial charge is 0.303 e. The first kappa shape index (κ1) is 22.6. The Hall–Kier alpha value is -2.55. The Labute approximate surface area is 185 Å². The van der Waals surface area contributed by atoms with Crippen LogP contribution in [0.25, 0.3) is 0 Å². The maximum Gasteiger partial charge on any atom is 0.303 e. The predicted molar refractivity (Wildman–Crippen MR) is 110 cm³/mol. The number of esters is 1. The Morgan fingerprint density at radius 2 is 2.03 bits per heavy atom. The molecule has 4 aliphatic carbocycles. The van der Waals surface area contributed by atoms with Gasteiger partial charge in [0, 0.05) is 23.7 Å². The van der Waals surface area contributed by atoms with Gasteiger partial charge < -0.3 is 14.7 Å². The first-order valence-electron chi connectivity index (χ1n) is 11.1. The minimum atomic E-state index is -1.76. The van der Waals surface area contributed by atoms with Crippen molar-refractivity contribution in [2.75, 3.05) is 6.61 Å². The molecule has 7 atom stereocenters. The molecule has 1 unspecified atom stereocenters. The highest BCUT2D eigenvalue weighted by Crippen LogP contribution is 2.67. The monoisotopic (exact) mass is 447 g/mol. The number of rotatable bonds is 5. The molecule has 9 heteroatoms. The molecule has 32 heavy (non-hydrogen) atoms. The molecule has 0 radical (unpaired) electrons. The fraction of sp³-hybridized carbons (Fsp3) is 0.696. The summed E-state index contributed by atoms with van der Waals surface area (Å²) >= 11 is 0. The van der Waals surface area contributed by atoms with Crippen LogP contribution in [0.1, 0.15) is 52.9 Å². The second-order valence-electron chi connectivity index (χ2n) is 10.1. The molecule has 174 valence electrons. The molecule has 4 rings (SSSR count). The van der Waals surface area contributed by atoms with Crippen molar-refractivity contribution >= 4 is 17.5 Å². The van der Waals surface area contributed by atoms with E-state index in [9.17, 15) is 29.6 Å². The molecule has 0 heterocycles. The molecule has 0 aromatic rings. The number of hydrogen-bond acceptors (Lipinski definition) is 8. The van der Waals surface area contributed by atoms with Crippen molar-refractivity contribution in [1.82, 2.24) is 0 Å². The zero-order chi connectivity index (χ0) is 23.5. The Bertz CT molecular complexity index is 940. The van der Waals surface area contributed by atoms with E-state index in [0.29, 0.717) is 19.3 Å². The highest BCUT2D eigenvalue weighted by Gasteiger charge is 2.68. The average Bonchev–Trinajstić information content (AvgIpc) is 2.97. The van der Waals surface area contributed by atoms with Gasteiger partial charge in [-0.2, -0.15) is 0 Å². The molecule has 0 aromatic heterocycles. The maximum absolute atomic E-state index is 13.0. The summed E-state index contributed by atoms with van der Waals surface area (Å²) in [6.07, 6.45) is 6.40. The Morgan fingerprint density at radius 3 is 2.69 bits per heavy atom. The third-order valence-electron chi connectivity index (χ3n) is 8.72. The lowest BCUT2D eigenvalue weighted by Crippen LogP contribution is -2.62. The van der Waals surface area contributed by atoms with Crippen molar-refractivity contribution in [3.63, 3.8) is 0 Å². The number of Topliss-reactive ketones (excluding diaryl/α,β-unsaturated/α-hetero) is 1. The second kappa shape index (κ2) is 7.50. The van der Waals surface area contributed by atoms with E-state index in [0.717, 1.165) is 5.57 Å². The van der Waals surface area contributed by atoms with Gasteiger partial charge >= 0.3 is 5.97 Å². The Kier molecular flexibility index (Phi) is 5.31. The standard InChI is InChI=1S/C23H29NO8/c1-13(25)31-12-19(27)23(28)9-7-17-16-5-4-14-10-15(26)6-8-21(14,2)20(16)18(32-24(29)30)11-22(17,23)3/h6,8,10,16-18,20,28H,4-5,7,9,11-12H2,1-3H3/t16-,17-,18?,20+,21-,22-,23-/m0/s1. The van der Waals surface area contributed by atoms with Gasteiger partial charge in [-0.05, 0) is 56.1 Å². The topological polar surface area (TPSA) is 133 Å². The summed E-state index contributed by atoms with van der Waals surface area (Å²) in [4.78, 5) is 52.8. The normalized spacial score (nSPS) is 42.2. The fourth-order valence-electron chi connectivity index (χ4n) is 7.25. The van der Waals surface area contributed by atoms with E-state index in [-0.39, 0.29) is 36.4 Å². The first-order valence-corrected chi connectivity index (χ1v) is 11.1. The van der Waals surface area contributed by atoms with Crippen LogP contribution in [0.3, 0.4) is 0 Å². The number of allylic oxidation sites excluding steroid dienone is 4. The highest BCUT2D eigenvalue weighted by molar-refractivity contribution is 6.01. The summed E-state index contributed by atoms with van der Waals surface area (Å²) in [6.45, 7) is 4.46. The molecule has 9 nitrogen and oxygen atoms in total. The number of hydrogen-bond donors (Lipinski definition) is 1. The van der Waals surface area contributed by atoms with Crippen LogP contribution in [-0.2, 0) is 24.0 Å². The molecule has 0 aliphatic heterocycles. The van der Waals surface area contributed by atoms with Crippen LogP contribution in [0.4, 0.5) is 0 Å². The SMILES string of the molecule is CC(=O)OCC(=O)[C@@]1(O)CC[C@H]2[C@@H]3CCC4=CC(=O)C=C[C@]4(C)[C@H]3C(O[N+](=O)[O-])C[C@@]21C. The van der Waals surface area contributed by atoms with Gasteiger partial charge in [0.05, 0.1) is 0 Å². The summed E-state index contributed by atoms with van der Waals surface area (Å²) < 4.78 is 4.86.